The predicted octanol–water partition coefficient (Wildman–Crippen LogP) is 2.23. The summed E-state index contributed by atoms with van der Waals surface area (Å²) in [6, 6.07) is 0. The summed E-state index contributed by atoms with van der Waals surface area (Å²) in [7, 11) is 4.17. The monoisotopic (exact) mass is 333 g/mol. The van der Waals surface area contributed by atoms with E-state index in [0.29, 0.717) is 5.92 Å². The fourth-order valence-corrected chi connectivity index (χ4v) is 0.960. The number of hydrogen-bond acceptors (Lipinski definition) is 3. The maximum Gasteiger partial charge on any atom is 5.00 e. The minimum absolute atomic E-state index is 0. The molecule has 1 saturated heterocycles. The second-order valence-corrected chi connectivity index (χ2v) is 3.60. The number of likely N-dealkylation sites (N-methyl/N-ethyl adjacent to an activating group) is 2. The Morgan fingerprint density at radius 1 is 1.06 bits per heavy atom. The molecule has 0 aromatic rings. The van der Waals surface area contributed by atoms with Crippen LogP contribution in [0.25, 0.3) is 0 Å². The van der Waals surface area contributed by atoms with Gasteiger partial charge in [-0.1, -0.05) is 0 Å². The van der Waals surface area contributed by atoms with E-state index >= 15 is 0 Å². The van der Waals surface area contributed by atoms with Crippen LogP contribution < -0.4 is 0 Å². The fourth-order valence-electron chi connectivity index (χ4n) is 0.960. The summed E-state index contributed by atoms with van der Waals surface area (Å²) in [5.74, 6) is 0.685. The van der Waals surface area contributed by atoms with E-state index in [4.69, 9.17) is 0 Å². The normalized spacial score (nSPS) is 15.4. The molecule has 16 heavy (non-hydrogen) atoms. The summed E-state index contributed by atoms with van der Waals surface area (Å²) < 4.78 is 0. The molecule has 1 radical (unpaired) electrons. The molecule has 0 aliphatic carbocycles. The zero-order valence-electron chi connectivity index (χ0n) is 11.4. The van der Waals surface area contributed by atoms with Crippen LogP contribution in [0.3, 0.4) is 0 Å². The first-order chi connectivity index (χ1) is 6.10. The van der Waals surface area contributed by atoms with Gasteiger partial charge in [-0.15, -0.1) is 6.92 Å². The van der Waals surface area contributed by atoms with Crippen molar-refractivity contribution >= 4 is 13.5 Å². The smallest absolute Gasteiger partial charge is 0.813 e. The average Bonchev–Trinajstić information content (AvgIpc) is 2.49. The molecule has 0 bridgehead atoms. The van der Waals surface area contributed by atoms with Crippen LogP contribution in [-0.4, -0.2) is 37.0 Å². The van der Waals surface area contributed by atoms with Gasteiger partial charge in [-0.2, -0.15) is 13.8 Å². The Labute approximate surface area is 123 Å². The van der Waals surface area contributed by atoms with Gasteiger partial charge in [0.05, 0.1) is 0 Å². The zero-order chi connectivity index (χ0) is 10.3. The van der Waals surface area contributed by atoms with Gasteiger partial charge < -0.3 is 49.5 Å². The summed E-state index contributed by atoms with van der Waals surface area (Å²) in [5.41, 5.74) is 0. The van der Waals surface area contributed by atoms with Gasteiger partial charge in [-0.25, -0.2) is 6.67 Å². The Morgan fingerprint density at radius 3 is 1.44 bits per heavy atom. The molecule has 1 heterocycles. The molecule has 1 aliphatic heterocycles. The van der Waals surface area contributed by atoms with Gasteiger partial charge in [-0.3, -0.25) is 0 Å². The van der Waals surface area contributed by atoms with Crippen LogP contribution in [-0.2, 0) is 33.0 Å². The Morgan fingerprint density at radius 2 is 1.38 bits per heavy atom. The van der Waals surface area contributed by atoms with Crippen molar-refractivity contribution in [1.82, 2.24) is 9.80 Å². The van der Waals surface area contributed by atoms with Crippen LogP contribution in [0.5, 0.6) is 0 Å². The average molecular weight is 332 g/mol. The molecule has 0 atom stereocenters. The van der Waals surface area contributed by atoms with Gasteiger partial charge in [-0.05, 0) is 27.2 Å². The number of rotatable bonds is 2. The molecule has 0 aromatic carbocycles. The number of hydrogen-bond donors (Lipinski definition) is 0. The largest absolute Gasteiger partial charge is 5.00 e. The molecule has 1 rings (SSSR count). The van der Waals surface area contributed by atoms with Gasteiger partial charge >= 0.3 is 19.5 Å². The molecule has 99 valence electrons. The summed E-state index contributed by atoms with van der Waals surface area (Å²) in [6.45, 7) is 10.8. The third-order valence-electron chi connectivity index (χ3n) is 2.25. The van der Waals surface area contributed by atoms with Crippen LogP contribution >= 0.6 is 0 Å². The van der Waals surface area contributed by atoms with Crippen LogP contribution in [0, 0.1) is 32.9 Å². The zero-order valence-corrected chi connectivity index (χ0v) is 14.1. The summed E-state index contributed by atoms with van der Waals surface area (Å²) >= 11 is 0. The van der Waals surface area contributed by atoms with Crippen LogP contribution in [0.15, 0.2) is 0 Å². The van der Waals surface area contributed by atoms with Crippen molar-refractivity contribution in [1.29, 1.82) is 0 Å². The summed E-state index contributed by atoms with van der Waals surface area (Å²) in [6.07, 6.45) is 4.33. The molecule has 2 nitrogen and oxygen atoms in total. The third-order valence-corrected chi connectivity index (χ3v) is 2.25. The first kappa shape index (κ1) is 25.7. The first-order valence-electron chi connectivity index (χ1n) is 4.94. The van der Waals surface area contributed by atoms with Gasteiger partial charge in [0.2, 0.25) is 0 Å². The minimum Gasteiger partial charge on any atom is -0.813 e. The van der Waals surface area contributed by atoms with Crippen LogP contribution in [0.4, 0.5) is 0 Å². The van der Waals surface area contributed by atoms with E-state index < -0.39 is 0 Å². The van der Waals surface area contributed by atoms with Gasteiger partial charge in [0.25, 0.3) is 0 Å². The third kappa shape index (κ3) is 14.9. The molecule has 4 heteroatoms. The molecular weight excluding hydrogens is 305 g/mol. The molecule has 0 spiro atoms. The van der Waals surface area contributed by atoms with Crippen molar-refractivity contribution in [2.24, 2.45) is 5.92 Å². The Balaban J connectivity index is -0.0000000767. The van der Waals surface area contributed by atoms with E-state index in [0.717, 1.165) is 0 Å². The topological polar surface area (TPSA) is 6.48 Å². The van der Waals surface area contributed by atoms with Crippen molar-refractivity contribution in [3.05, 3.63) is 26.9 Å². The minimum atomic E-state index is 0. The molecule has 0 unspecified atom stereocenters. The number of nitrogens with zero attached hydrogens (tertiary/aromatic N) is 2. The second-order valence-electron chi connectivity index (χ2n) is 3.60. The van der Waals surface area contributed by atoms with E-state index in [2.05, 4.69) is 64.2 Å². The molecule has 1 aliphatic rings. The first-order valence-corrected chi connectivity index (χ1v) is 4.94. The molecule has 1 fully saturated rings. The van der Waals surface area contributed by atoms with E-state index in [1.54, 1.807) is 0 Å². The van der Waals surface area contributed by atoms with Gasteiger partial charge in [0.15, 0.2) is 0 Å². The molecule has 0 N–H and O–H groups in total. The predicted molar refractivity (Wildman–Crippen MR) is 73.8 cm³/mol. The fraction of sp³-hybridized carbons (Fsp3) is 0.667. The van der Waals surface area contributed by atoms with Crippen molar-refractivity contribution in [3.8, 4) is 0 Å². The van der Waals surface area contributed by atoms with Crippen molar-refractivity contribution in [3.63, 3.8) is 0 Å². The maximum atomic E-state index is 2.18. The summed E-state index contributed by atoms with van der Waals surface area (Å²) in [4.78, 5) is 4.36. The van der Waals surface area contributed by atoms with E-state index in [1.165, 1.54) is 13.1 Å². The van der Waals surface area contributed by atoms with Gasteiger partial charge in [0, 0.05) is 0 Å². The standard InChI is InChI=1S/C6H12.C5H11N2.CH3.Ru.H2S/c1-4-6(3)5-2;1-6-3-4-7(2)5-6;;;/h4-6H,1-3H3;5H,3-4H2,1-2H3;1H3;;1H2/q-2;2*-1;+5;/p-1. The Hall–Kier alpha value is 0.893. The molecular formula is C12H27N2RuS. The van der Waals surface area contributed by atoms with Crippen LogP contribution in [0.2, 0.25) is 0 Å². The molecule has 0 aromatic heterocycles. The SMILES string of the molecule is CN1[CH-]N(C)CC1.C[CH-]C(C)[CH-]C.[CH3-].[Ru+5].[SH-]. The van der Waals surface area contributed by atoms with Gasteiger partial charge in [0.1, 0.15) is 0 Å². The Bertz CT molecular complexity index is 114. The second kappa shape index (κ2) is 15.9. The summed E-state index contributed by atoms with van der Waals surface area (Å²) in [5, 5.41) is 0. The Kier molecular flexibility index (Phi) is 25.5. The van der Waals surface area contributed by atoms with E-state index in [1.807, 2.05) is 0 Å². The van der Waals surface area contributed by atoms with E-state index in [9.17, 15) is 0 Å². The molecule has 0 amide bonds. The quantitative estimate of drug-likeness (QED) is 0.331. The van der Waals surface area contributed by atoms with Crippen molar-refractivity contribution < 1.29 is 19.5 Å². The van der Waals surface area contributed by atoms with Crippen LogP contribution in [0.1, 0.15) is 20.8 Å². The van der Waals surface area contributed by atoms with E-state index in [-0.39, 0.29) is 40.4 Å². The van der Waals surface area contributed by atoms with Crippen molar-refractivity contribution in [2.75, 3.05) is 27.2 Å². The maximum absolute atomic E-state index is 2.18. The number of thiol groups is 1. The molecule has 0 saturated carbocycles. The van der Waals surface area contributed by atoms with Crippen molar-refractivity contribution in [2.45, 2.75) is 20.8 Å².